The largest absolute Gasteiger partial charge is 0.497 e. The van der Waals surface area contributed by atoms with E-state index in [4.69, 9.17) is 18.6 Å². The molecule has 2 rings (SSSR count). The minimum absolute atomic E-state index is 0.0670. The van der Waals surface area contributed by atoms with Gasteiger partial charge in [-0.2, -0.15) is 0 Å². The Morgan fingerprint density at radius 2 is 2.00 bits per heavy atom. The standard InChI is InChI=1S/C14H13BrO5/c1-17-10-3-4-11(18-2)9(7-10)8-19-14(16)12-5-6-13(15)20-12/h3-7H,8H2,1-2H3. The third-order valence-corrected chi connectivity index (χ3v) is 3.05. The Hall–Kier alpha value is -1.95. The summed E-state index contributed by atoms with van der Waals surface area (Å²) in [5.74, 6) is 0.885. The van der Waals surface area contributed by atoms with Gasteiger partial charge >= 0.3 is 5.97 Å². The van der Waals surface area contributed by atoms with Crippen molar-refractivity contribution in [1.82, 2.24) is 0 Å². The summed E-state index contributed by atoms with van der Waals surface area (Å²) in [7, 11) is 3.12. The smallest absolute Gasteiger partial charge is 0.374 e. The van der Waals surface area contributed by atoms with E-state index in [0.717, 1.165) is 0 Å². The zero-order chi connectivity index (χ0) is 14.5. The Labute approximate surface area is 124 Å². The van der Waals surface area contributed by atoms with E-state index < -0.39 is 5.97 Å². The molecule has 0 aliphatic heterocycles. The topological polar surface area (TPSA) is 57.9 Å². The van der Waals surface area contributed by atoms with E-state index in [1.165, 1.54) is 6.07 Å². The van der Waals surface area contributed by atoms with Gasteiger partial charge in [-0.15, -0.1) is 0 Å². The van der Waals surface area contributed by atoms with E-state index >= 15 is 0 Å². The van der Waals surface area contributed by atoms with Crippen LogP contribution in [0.1, 0.15) is 16.1 Å². The quantitative estimate of drug-likeness (QED) is 0.780. The van der Waals surface area contributed by atoms with Crippen LogP contribution in [0, 0.1) is 0 Å². The lowest BCUT2D eigenvalue weighted by Crippen LogP contribution is -2.05. The number of rotatable bonds is 5. The molecule has 0 unspecified atom stereocenters. The molecule has 0 aliphatic rings. The molecular formula is C14H13BrO5. The van der Waals surface area contributed by atoms with Gasteiger partial charge in [-0.3, -0.25) is 0 Å². The van der Waals surface area contributed by atoms with Crippen LogP contribution in [0.15, 0.2) is 39.4 Å². The van der Waals surface area contributed by atoms with Gasteiger partial charge in [-0.25, -0.2) is 4.79 Å². The van der Waals surface area contributed by atoms with E-state index in [0.29, 0.717) is 21.7 Å². The van der Waals surface area contributed by atoms with Gasteiger partial charge in [0.15, 0.2) is 4.67 Å². The fourth-order valence-electron chi connectivity index (χ4n) is 1.63. The van der Waals surface area contributed by atoms with Crippen LogP contribution in [-0.2, 0) is 11.3 Å². The van der Waals surface area contributed by atoms with Gasteiger partial charge < -0.3 is 18.6 Å². The maximum absolute atomic E-state index is 11.8. The minimum atomic E-state index is -0.541. The maximum atomic E-state index is 11.8. The van der Waals surface area contributed by atoms with Crippen LogP contribution < -0.4 is 9.47 Å². The molecule has 0 amide bonds. The van der Waals surface area contributed by atoms with Gasteiger partial charge in [0, 0.05) is 5.56 Å². The Balaban J connectivity index is 2.08. The van der Waals surface area contributed by atoms with Gasteiger partial charge in [-0.05, 0) is 46.3 Å². The number of methoxy groups -OCH3 is 2. The SMILES string of the molecule is COc1ccc(OC)c(COC(=O)c2ccc(Br)o2)c1. The second kappa shape index (κ2) is 6.47. The summed E-state index contributed by atoms with van der Waals surface area (Å²) in [6.45, 7) is 0.0670. The summed E-state index contributed by atoms with van der Waals surface area (Å²) in [4.78, 5) is 11.8. The van der Waals surface area contributed by atoms with Crippen LogP contribution in [-0.4, -0.2) is 20.2 Å². The minimum Gasteiger partial charge on any atom is -0.497 e. The highest BCUT2D eigenvalue weighted by Crippen LogP contribution is 2.25. The first-order chi connectivity index (χ1) is 9.63. The van der Waals surface area contributed by atoms with Crippen LogP contribution in [0.2, 0.25) is 0 Å². The molecule has 0 saturated carbocycles. The third-order valence-electron chi connectivity index (χ3n) is 2.62. The highest BCUT2D eigenvalue weighted by atomic mass is 79.9. The van der Waals surface area contributed by atoms with Crippen molar-refractivity contribution in [3.63, 3.8) is 0 Å². The monoisotopic (exact) mass is 340 g/mol. The van der Waals surface area contributed by atoms with Gasteiger partial charge in [0.25, 0.3) is 0 Å². The average molecular weight is 341 g/mol. The fourth-order valence-corrected chi connectivity index (χ4v) is 1.94. The normalized spacial score (nSPS) is 10.2. The molecule has 0 saturated heterocycles. The molecule has 106 valence electrons. The number of hydrogen-bond donors (Lipinski definition) is 0. The number of carbonyl (C=O) groups excluding carboxylic acids is 1. The van der Waals surface area contributed by atoms with Crippen LogP contribution in [0.4, 0.5) is 0 Å². The molecule has 5 nitrogen and oxygen atoms in total. The Morgan fingerprint density at radius 3 is 2.60 bits per heavy atom. The van der Waals surface area contributed by atoms with Gasteiger partial charge in [0.05, 0.1) is 14.2 Å². The van der Waals surface area contributed by atoms with Crippen molar-refractivity contribution in [3.05, 3.63) is 46.3 Å². The number of benzene rings is 1. The molecule has 0 atom stereocenters. The van der Waals surface area contributed by atoms with E-state index in [2.05, 4.69) is 15.9 Å². The summed E-state index contributed by atoms with van der Waals surface area (Å²) in [6.07, 6.45) is 0. The molecule has 0 spiro atoms. The van der Waals surface area contributed by atoms with Crippen LogP contribution in [0.5, 0.6) is 11.5 Å². The molecule has 6 heteroatoms. The van der Waals surface area contributed by atoms with Crippen molar-refractivity contribution in [3.8, 4) is 11.5 Å². The van der Waals surface area contributed by atoms with E-state index in [1.807, 2.05) is 0 Å². The van der Waals surface area contributed by atoms with Gasteiger partial charge in [0.2, 0.25) is 5.76 Å². The predicted octanol–water partition coefficient (Wildman–Crippen LogP) is 3.42. The summed E-state index contributed by atoms with van der Waals surface area (Å²) in [5.41, 5.74) is 0.714. The van der Waals surface area contributed by atoms with E-state index in [1.54, 1.807) is 38.5 Å². The second-order valence-electron chi connectivity index (χ2n) is 3.86. The molecule has 1 heterocycles. The summed E-state index contributed by atoms with van der Waals surface area (Å²) < 4.78 is 21.1. The lowest BCUT2D eigenvalue weighted by Gasteiger charge is -2.10. The van der Waals surface area contributed by atoms with E-state index in [9.17, 15) is 4.79 Å². The molecule has 0 fully saturated rings. The van der Waals surface area contributed by atoms with Crippen molar-refractivity contribution in [2.75, 3.05) is 14.2 Å². The number of esters is 1. The first kappa shape index (κ1) is 14.5. The number of ether oxygens (including phenoxy) is 3. The number of hydrogen-bond acceptors (Lipinski definition) is 5. The third kappa shape index (κ3) is 3.33. The Bertz CT molecular complexity index is 605. The molecule has 0 radical (unpaired) electrons. The molecule has 1 aromatic carbocycles. The van der Waals surface area contributed by atoms with Crippen LogP contribution in [0.3, 0.4) is 0 Å². The lowest BCUT2D eigenvalue weighted by atomic mass is 10.2. The highest BCUT2D eigenvalue weighted by molar-refractivity contribution is 9.10. The fraction of sp³-hybridized carbons (Fsp3) is 0.214. The molecule has 1 aromatic heterocycles. The average Bonchev–Trinajstić information content (AvgIpc) is 2.91. The first-order valence-corrected chi connectivity index (χ1v) is 6.56. The van der Waals surface area contributed by atoms with Crippen molar-refractivity contribution in [1.29, 1.82) is 0 Å². The van der Waals surface area contributed by atoms with Gasteiger partial charge in [0.1, 0.15) is 18.1 Å². The second-order valence-corrected chi connectivity index (χ2v) is 4.64. The molecule has 2 aromatic rings. The lowest BCUT2D eigenvalue weighted by molar-refractivity contribution is 0.0432. The molecule has 0 bridgehead atoms. The first-order valence-electron chi connectivity index (χ1n) is 5.77. The molecule has 20 heavy (non-hydrogen) atoms. The number of carbonyl (C=O) groups is 1. The molecule has 0 N–H and O–H groups in total. The predicted molar refractivity (Wildman–Crippen MR) is 75.1 cm³/mol. The van der Waals surface area contributed by atoms with Gasteiger partial charge in [-0.1, -0.05) is 0 Å². The highest BCUT2D eigenvalue weighted by Gasteiger charge is 2.14. The Morgan fingerprint density at radius 1 is 1.20 bits per heavy atom. The summed E-state index contributed by atoms with van der Waals surface area (Å²) >= 11 is 3.13. The Kier molecular flexibility index (Phi) is 4.68. The van der Waals surface area contributed by atoms with Crippen molar-refractivity contribution < 1.29 is 23.4 Å². The summed E-state index contributed by atoms with van der Waals surface area (Å²) in [5, 5.41) is 0. The summed E-state index contributed by atoms with van der Waals surface area (Å²) in [6, 6.07) is 8.45. The number of halogens is 1. The zero-order valence-electron chi connectivity index (χ0n) is 11.0. The van der Waals surface area contributed by atoms with Crippen LogP contribution in [0.25, 0.3) is 0 Å². The van der Waals surface area contributed by atoms with Crippen molar-refractivity contribution in [2.45, 2.75) is 6.61 Å². The molecular weight excluding hydrogens is 328 g/mol. The van der Waals surface area contributed by atoms with E-state index in [-0.39, 0.29) is 12.4 Å². The van der Waals surface area contributed by atoms with Crippen molar-refractivity contribution in [2.24, 2.45) is 0 Å². The van der Waals surface area contributed by atoms with Crippen LogP contribution >= 0.6 is 15.9 Å². The maximum Gasteiger partial charge on any atom is 0.374 e. The number of furan rings is 1. The molecule has 0 aliphatic carbocycles. The van der Waals surface area contributed by atoms with Crippen molar-refractivity contribution >= 4 is 21.9 Å². The zero-order valence-corrected chi connectivity index (χ0v) is 12.6.